The minimum atomic E-state index is -0.263. The summed E-state index contributed by atoms with van der Waals surface area (Å²) in [6, 6.07) is 7.84. The number of nitrogens with one attached hydrogen (secondary N) is 1. The Balaban J connectivity index is 1.77. The fourth-order valence-electron chi connectivity index (χ4n) is 2.51. The van der Waals surface area contributed by atoms with Crippen LogP contribution in [-0.4, -0.2) is 42.6 Å². The average Bonchev–Trinajstić information content (AvgIpc) is 2.50. The number of halogens is 1. The Hall–Kier alpha value is -1.56. The van der Waals surface area contributed by atoms with Crippen molar-refractivity contribution >= 4 is 27.9 Å². The van der Waals surface area contributed by atoms with E-state index in [1.807, 2.05) is 24.3 Å². The zero-order valence-corrected chi connectivity index (χ0v) is 14.3. The predicted octanol–water partition coefficient (Wildman–Crippen LogP) is 2.73. The van der Waals surface area contributed by atoms with Crippen LogP contribution in [-0.2, 0) is 16.0 Å². The van der Waals surface area contributed by atoms with Crippen LogP contribution in [0.1, 0.15) is 25.3 Å². The molecule has 0 bridgehead atoms. The van der Waals surface area contributed by atoms with Crippen molar-refractivity contribution in [3.05, 3.63) is 34.3 Å². The molecule has 120 valence electrons. The van der Waals surface area contributed by atoms with Gasteiger partial charge in [-0.1, -0.05) is 34.1 Å². The molecule has 1 saturated heterocycles. The van der Waals surface area contributed by atoms with Crippen LogP contribution < -0.4 is 5.32 Å². The Bertz CT molecular complexity index is 528. The van der Waals surface area contributed by atoms with E-state index in [1.54, 1.807) is 11.8 Å². The van der Waals surface area contributed by atoms with Crippen molar-refractivity contribution in [3.63, 3.8) is 0 Å². The summed E-state index contributed by atoms with van der Waals surface area (Å²) in [5, 5.41) is 3.05. The molecule has 2 amide bonds. The maximum absolute atomic E-state index is 12.1. The number of rotatable bonds is 4. The molecular formula is C16H21BrN2O3. The molecule has 0 radical (unpaired) electrons. The summed E-state index contributed by atoms with van der Waals surface area (Å²) in [4.78, 5) is 25.4. The molecule has 0 spiro atoms. The maximum Gasteiger partial charge on any atom is 0.409 e. The van der Waals surface area contributed by atoms with E-state index in [-0.39, 0.29) is 18.0 Å². The van der Waals surface area contributed by atoms with E-state index in [9.17, 15) is 9.59 Å². The molecule has 1 aromatic carbocycles. The molecule has 1 aromatic rings. The van der Waals surface area contributed by atoms with Crippen LogP contribution in [0, 0.1) is 0 Å². The van der Waals surface area contributed by atoms with Gasteiger partial charge in [-0.05, 0) is 31.4 Å². The quantitative estimate of drug-likeness (QED) is 0.888. The smallest absolute Gasteiger partial charge is 0.409 e. The summed E-state index contributed by atoms with van der Waals surface area (Å²) in [6.45, 7) is 3.44. The van der Waals surface area contributed by atoms with Crippen LogP contribution in [0.3, 0.4) is 0 Å². The molecule has 1 N–H and O–H groups in total. The second-order valence-electron chi connectivity index (χ2n) is 5.30. The van der Waals surface area contributed by atoms with Gasteiger partial charge in [0.1, 0.15) is 0 Å². The Morgan fingerprint density at radius 2 is 2.00 bits per heavy atom. The van der Waals surface area contributed by atoms with Gasteiger partial charge in [-0.15, -0.1) is 0 Å². The first-order valence-electron chi connectivity index (χ1n) is 7.54. The van der Waals surface area contributed by atoms with E-state index in [2.05, 4.69) is 21.2 Å². The summed E-state index contributed by atoms with van der Waals surface area (Å²) in [6.07, 6.45) is 1.63. The molecule has 1 heterocycles. The van der Waals surface area contributed by atoms with Crippen molar-refractivity contribution in [1.29, 1.82) is 0 Å². The summed E-state index contributed by atoms with van der Waals surface area (Å²) < 4.78 is 5.93. The molecule has 5 nitrogen and oxygen atoms in total. The van der Waals surface area contributed by atoms with Gasteiger partial charge < -0.3 is 15.0 Å². The van der Waals surface area contributed by atoms with Gasteiger partial charge >= 0.3 is 6.09 Å². The lowest BCUT2D eigenvalue weighted by Crippen LogP contribution is -2.47. The van der Waals surface area contributed by atoms with Crippen LogP contribution in [0.25, 0.3) is 0 Å². The monoisotopic (exact) mass is 368 g/mol. The molecule has 1 aliphatic rings. The van der Waals surface area contributed by atoms with Crippen LogP contribution in [0.4, 0.5) is 4.79 Å². The number of benzene rings is 1. The lowest BCUT2D eigenvalue weighted by Gasteiger charge is -2.31. The standard InChI is InChI=1S/C16H21BrN2O3/c1-2-22-16(21)19-9-7-13(8-10-19)18-15(20)11-12-5-3-4-6-14(12)17/h3-6,13H,2,7-11H2,1H3,(H,18,20). The van der Waals surface area contributed by atoms with E-state index in [0.717, 1.165) is 22.9 Å². The molecule has 6 heteroatoms. The first kappa shape index (κ1) is 16.8. The first-order valence-corrected chi connectivity index (χ1v) is 8.34. The van der Waals surface area contributed by atoms with Gasteiger partial charge in [0, 0.05) is 23.6 Å². The Kier molecular flexibility index (Phi) is 6.24. The fraction of sp³-hybridized carbons (Fsp3) is 0.500. The van der Waals surface area contributed by atoms with E-state index in [1.165, 1.54) is 0 Å². The second-order valence-corrected chi connectivity index (χ2v) is 6.15. The van der Waals surface area contributed by atoms with Crippen molar-refractivity contribution in [1.82, 2.24) is 10.2 Å². The van der Waals surface area contributed by atoms with Gasteiger partial charge in [-0.3, -0.25) is 4.79 Å². The van der Waals surface area contributed by atoms with Gasteiger partial charge in [-0.25, -0.2) is 4.79 Å². The number of piperidine rings is 1. The molecule has 0 atom stereocenters. The summed E-state index contributed by atoms with van der Waals surface area (Å²) in [7, 11) is 0. The molecule has 22 heavy (non-hydrogen) atoms. The third-order valence-corrected chi connectivity index (χ3v) is 4.47. The number of carbonyl (C=O) groups is 2. The fourth-order valence-corrected chi connectivity index (χ4v) is 2.94. The number of amides is 2. The minimum absolute atomic E-state index is 0.0153. The topological polar surface area (TPSA) is 58.6 Å². The minimum Gasteiger partial charge on any atom is -0.450 e. The maximum atomic E-state index is 12.1. The highest BCUT2D eigenvalue weighted by atomic mass is 79.9. The zero-order chi connectivity index (χ0) is 15.9. The Morgan fingerprint density at radius 1 is 1.32 bits per heavy atom. The number of carbonyl (C=O) groups excluding carboxylic acids is 2. The van der Waals surface area contributed by atoms with E-state index >= 15 is 0 Å². The van der Waals surface area contributed by atoms with Crippen molar-refractivity contribution in [3.8, 4) is 0 Å². The highest BCUT2D eigenvalue weighted by Crippen LogP contribution is 2.17. The molecule has 1 fully saturated rings. The Morgan fingerprint density at radius 3 is 2.64 bits per heavy atom. The van der Waals surface area contributed by atoms with E-state index in [4.69, 9.17) is 4.74 Å². The number of hydrogen-bond acceptors (Lipinski definition) is 3. The molecule has 2 rings (SSSR count). The van der Waals surface area contributed by atoms with Gasteiger partial charge in [0.05, 0.1) is 13.0 Å². The third kappa shape index (κ3) is 4.73. The molecule has 0 saturated carbocycles. The predicted molar refractivity (Wildman–Crippen MR) is 87.6 cm³/mol. The number of ether oxygens (including phenoxy) is 1. The third-order valence-electron chi connectivity index (χ3n) is 3.69. The normalized spacial score (nSPS) is 15.5. The summed E-state index contributed by atoms with van der Waals surface area (Å²) >= 11 is 3.45. The van der Waals surface area contributed by atoms with E-state index < -0.39 is 0 Å². The van der Waals surface area contributed by atoms with Gasteiger partial charge in [0.2, 0.25) is 5.91 Å². The molecule has 0 aromatic heterocycles. The SMILES string of the molecule is CCOC(=O)N1CCC(NC(=O)Cc2ccccc2Br)CC1. The average molecular weight is 369 g/mol. The van der Waals surface area contributed by atoms with Gasteiger partial charge in [0.15, 0.2) is 0 Å². The van der Waals surface area contributed by atoms with Crippen molar-refractivity contribution in [2.75, 3.05) is 19.7 Å². The lowest BCUT2D eigenvalue weighted by atomic mass is 10.0. The second kappa shape index (κ2) is 8.17. The van der Waals surface area contributed by atoms with Crippen molar-refractivity contribution in [2.24, 2.45) is 0 Å². The van der Waals surface area contributed by atoms with Gasteiger partial charge in [0.25, 0.3) is 0 Å². The molecule has 0 aliphatic carbocycles. The number of hydrogen-bond donors (Lipinski definition) is 1. The van der Waals surface area contributed by atoms with Crippen LogP contribution in [0.15, 0.2) is 28.7 Å². The Labute approximate surface area is 139 Å². The zero-order valence-electron chi connectivity index (χ0n) is 12.7. The van der Waals surface area contributed by atoms with Crippen LogP contribution in [0.5, 0.6) is 0 Å². The first-order chi connectivity index (χ1) is 10.6. The van der Waals surface area contributed by atoms with Gasteiger partial charge in [-0.2, -0.15) is 0 Å². The summed E-state index contributed by atoms with van der Waals surface area (Å²) in [5.41, 5.74) is 0.976. The van der Waals surface area contributed by atoms with Crippen LogP contribution in [0.2, 0.25) is 0 Å². The summed E-state index contributed by atoms with van der Waals surface area (Å²) in [5.74, 6) is 0.0153. The highest BCUT2D eigenvalue weighted by Gasteiger charge is 2.24. The molecular weight excluding hydrogens is 348 g/mol. The lowest BCUT2D eigenvalue weighted by molar-refractivity contribution is -0.121. The van der Waals surface area contributed by atoms with Crippen LogP contribution >= 0.6 is 15.9 Å². The highest BCUT2D eigenvalue weighted by molar-refractivity contribution is 9.10. The largest absolute Gasteiger partial charge is 0.450 e. The number of nitrogens with zero attached hydrogens (tertiary/aromatic N) is 1. The van der Waals surface area contributed by atoms with Crippen molar-refractivity contribution < 1.29 is 14.3 Å². The number of likely N-dealkylation sites (tertiary alicyclic amines) is 1. The molecule has 1 aliphatic heterocycles. The van der Waals surface area contributed by atoms with E-state index in [0.29, 0.717) is 26.1 Å². The molecule has 0 unspecified atom stereocenters. The van der Waals surface area contributed by atoms with Crippen molar-refractivity contribution in [2.45, 2.75) is 32.2 Å².